The van der Waals surface area contributed by atoms with Crippen molar-refractivity contribution in [3.05, 3.63) is 203 Å². The smallest absolute Gasteiger partial charge is 0.137 e. The van der Waals surface area contributed by atoms with E-state index in [2.05, 4.69) is 262 Å². The van der Waals surface area contributed by atoms with Crippen LogP contribution in [0.1, 0.15) is 123 Å². The molecular weight excluding hydrogens is 817 g/mol. The number of anilines is 2. The monoisotopic (exact) mass is 885 g/mol. The number of fused-ring (bicyclic) bond motifs is 3. The minimum atomic E-state index is -0.321. The van der Waals surface area contributed by atoms with E-state index < -0.39 is 0 Å². The van der Waals surface area contributed by atoms with E-state index in [9.17, 15) is 0 Å². The molecule has 342 valence electrons. The first-order chi connectivity index (χ1) is 31.6. The van der Waals surface area contributed by atoms with Crippen molar-refractivity contribution >= 4 is 33.2 Å². The minimum absolute atomic E-state index is 0.0413. The second-order valence-electron chi connectivity index (χ2n) is 22.8. The zero-order chi connectivity index (χ0) is 47.7. The number of hydrogen-bond acceptors (Lipinski definition) is 4. The van der Waals surface area contributed by atoms with E-state index in [1.54, 1.807) is 0 Å². The molecule has 0 saturated heterocycles. The highest BCUT2D eigenvalue weighted by atomic mass is 16.5. The van der Waals surface area contributed by atoms with E-state index in [1.165, 1.54) is 55.5 Å². The van der Waals surface area contributed by atoms with E-state index in [0.29, 0.717) is 6.67 Å². The van der Waals surface area contributed by atoms with Gasteiger partial charge in [-0.25, -0.2) is 4.98 Å². The standard InChI is InChI=1S/C62H68N4O/c1-58(2,3)44-27-22-28-47(33-44)64-40-55(60(7,8)9)65(41-64)48-34-46(62(12,13)43-25-18-15-19-26-43)35-49(37-48)67-50-38-52(59(4,5)6)57-51-29-20-21-30-53(51)66(54(57)39-50)56-36-45(31-32-63-56)61(10,11)42-23-16-14-17-24-42/h14-40H,41H2,1-13H3. The summed E-state index contributed by atoms with van der Waals surface area (Å²) in [6, 6.07) is 55.2. The van der Waals surface area contributed by atoms with Crippen molar-refractivity contribution < 1.29 is 4.74 Å². The van der Waals surface area contributed by atoms with Gasteiger partial charge in [0.1, 0.15) is 17.3 Å². The molecular formula is C62H68N4O. The number of pyridine rings is 1. The Hall–Kier alpha value is -6.59. The summed E-state index contributed by atoms with van der Waals surface area (Å²) in [4.78, 5) is 9.98. The first-order valence-electron chi connectivity index (χ1n) is 24.0. The highest BCUT2D eigenvalue weighted by Crippen LogP contribution is 2.46. The average Bonchev–Trinajstić information content (AvgIpc) is 3.90. The Morgan fingerprint density at radius 2 is 1.06 bits per heavy atom. The molecule has 0 atom stereocenters. The van der Waals surface area contributed by atoms with Crippen molar-refractivity contribution in [2.45, 2.75) is 112 Å². The van der Waals surface area contributed by atoms with Gasteiger partial charge in [-0.15, -0.1) is 0 Å². The molecule has 5 nitrogen and oxygen atoms in total. The van der Waals surface area contributed by atoms with Crippen molar-refractivity contribution in [2.24, 2.45) is 5.41 Å². The van der Waals surface area contributed by atoms with E-state index in [1.807, 2.05) is 6.20 Å². The van der Waals surface area contributed by atoms with Crippen LogP contribution in [0.3, 0.4) is 0 Å². The van der Waals surface area contributed by atoms with E-state index in [-0.39, 0.29) is 27.1 Å². The molecule has 0 fully saturated rings. The fourth-order valence-corrected chi connectivity index (χ4v) is 9.85. The van der Waals surface area contributed by atoms with Crippen LogP contribution < -0.4 is 14.5 Å². The summed E-state index contributed by atoms with van der Waals surface area (Å²) < 4.78 is 9.65. The minimum Gasteiger partial charge on any atom is -0.457 e. The lowest BCUT2D eigenvalue weighted by atomic mass is 9.78. The summed E-state index contributed by atoms with van der Waals surface area (Å²) >= 11 is 0. The first kappa shape index (κ1) is 45.6. The quantitative estimate of drug-likeness (QED) is 0.145. The molecule has 0 aliphatic carbocycles. The lowest BCUT2D eigenvalue weighted by Crippen LogP contribution is -2.31. The van der Waals surface area contributed by atoms with Gasteiger partial charge >= 0.3 is 0 Å². The third kappa shape index (κ3) is 8.66. The topological polar surface area (TPSA) is 33.5 Å². The van der Waals surface area contributed by atoms with Crippen molar-refractivity contribution in [1.29, 1.82) is 0 Å². The van der Waals surface area contributed by atoms with Crippen LogP contribution in [0.25, 0.3) is 27.6 Å². The SMILES string of the molecule is CC(C)(C)C1=CN(c2cccc(C(C)(C)C)c2)CN1c1cc(Oc2cc(C(C)(C)C)c3c4ccccc4n(-c4cc(C(C)(C)c5ccccc5)ccn4)c3c2)cc(C(C)(C)c2ccccc2)c1. The molecule has 1 aliphatic heterocycles. The van der Waals surface area contributed by atoms with Gasteiger partial charge in [0.05, 0.1) is 17.7 Å². The van der Waals surface area contributed by atoms with E-state index in [0.717, 1.165) is 34.0 Å². The third-order valence-electron chi connectivity index (χ3n) is 14.1. The number of ether oxygens (including phenoxy) is 1. The van der Waals surface area contributed by atoms with Gasteiger partial charge in [-0.3, -0.25) is 4.57 Å². The number of aromatic nitrogens is 2. The second-order valence-corrected chi connectivity index (χ2v) is 22.8. The Labute approximate surface area is 399 Å². The van der Waals surface area contributed by atoms with Gasteiger partial charge in [0.2, 0.25) is 0 Å². The number of hydrogen-bond donors (Lipinski definition) is 0. The van der Waals surface area contributed by atoms with Crippen molar-refractivity contribution in [3.63, 3.8) is 0 Å². The van der Waals surface area contributed by atoms with Crippen LogP contribution in [0.2, 0.25) is 0 Å². The molecule has 0 amide bonds. The Morgan fingerprint density at radius 1 is 0.463 bits per heavy atom. The van der Waals surface area contributed by atoms with Gasteiger partial charge in [-0.05, 0) is 92.7 Å². The molecule has 9 rings (SSSR count). The van der Waals surface area contributed by atoms with Gasteiger partial charge in [0.15, 0.2) is 0 Å². The number of nitrogens with zero attached hydrogens (tertiary/aromatic N) is 4. The largest absolute Gasteiger partial charge is 0.457 e. The zero-order valence-electron chi connectivity index (χ0n) is 42.0. The molecule has 0 bridgehead atoms. The molecule has 2 aromatic heterocycles. The van der Waals surface area contributed by atoms with Gasteiger partial charge < -0.3 is 14.5 Å². The van der Waals surface area contributed by atoms with Gasteiger partial charge in [0.25, 0.3) is 0 Å². The Morgan fingerprint density at radius 3 is 1.70 bits per heavy atom. The molecule has 1 aliphatic rings. The summed E-state index contributed by atoms with van der Waals surface area (Å²) in [5.74, 6) is 2.47. The van der Waals surface area contributed by atoms with Crippen LogP contribution in [0.4, 0.5) is 11.4 Å². The van der Waals surface area contributed by atoms with E-state index in [4.69, 9.17) is 9.72 Å². The lowest BCUT2D eigenvalue weighted by Gasteiger charge is -2.33. The predicted octanol–water partition coefficient (Wildman–Crippen LogP) is 16.4. The van der Waals surface area contributed by atoms with E-state index >= 15 is 0 Å². The van der Waals surface area contributed by atoms with Crippen LogP contribution >= 0.6 is 0 Å². The molecule has 5 heteroatoms. The zero-order valence-corrected chi connectivity index (χ0v) is 42.0. The molecule has 3 heterocycles. The highest BCUT2D eigenvalue weighted by molar-refractivity contribution is 6.11. The van der Waals surface area contributed by atoms with Crippen LogP contribution in [-0.2, 0) is 21.7 Å². The van der Waals surface area contributed by atoms with Gasteiger partial charge in [-0.1, -0.05) is 181 Å². The van der Waals surface area contributed by atoms with Gasteiger partial charge in [-0.2, -0.15) is 0 Å². The summed E-state index contributed by atoms with van der Waals surface area (Å²) in [5, 5.41) is 2.42. The van der Waals surface area contributed by atoms with Crippen LogP contribution in [0.5, 0.6) is 11.5 Å². The molecule has 67 heavy (non-hydrogen) atoms. The average molecular weight is 885 g/mol. The molecule has 6 aromatic carbocycles. The maximum absolute atomic E-state index is 7.31. The van der Waals surface area contributed by atoms with Crippen molar-refractivity contribution in [3.8, 4) is 17.3 Å². The summed E-state index contributed by atoms with van der Waals surface area (Å²) in [7, 11) is 0. The number of rotatable bonds is 9. The Balaban J connectivity index is 1.21. The van der Waals surface area contributed by atoms with Gasteiger partial charge in [0, 0.05) is 68.6 Å². The fraction of sp³-hybridized carbons (Fsp3) is 0.306. The summed E-state index contributed by atoms with van der Waals surface area (Å²) in [6.07, 6.45) is 4.31. The second kappa shape index (κ2) is 16.6. The van der Waals surface area contributed by atoms with Crippen molar-refractivity contribution in [2.75, 3.05) is 16.5 Å². The molecule has 0 spiro atoms. The third-order valence-corrected chi connectivity index (χ3v) is 14.1. The van der Waals surface area contributed by atoms with Crippen LogP contribution in [0.15, 0.2) is 170 Å². The molecule has 0 saturated carbocycles. The molecule has 8 aromatic rings. The first-order valence-corrected chi connectivity index (χ1v) is 24.0. The number of allylic oxidation sites excluding steroid dienone is 1. The number of benzene rings is 6. The maximum Gasteiger partial charge on any atom is 0.137 e. The molecule has 0 radical (unpaired) electrons. The maximum atomic E-state index is 7.31. The molecule has 0 unspecified atom stereocenters. The predicted molar refractivity (Wildman–Crippen MR) is 283 cm³/mol. The number of para-hydroxylation sites is 1. The Kier molecular flexibility index (Phi) is 11.3. The van der Waals surface area contributed by atoms with Crippen LogP contribution in [0, 0.1) is 5.41 Å². The highest BCUT2D eigenvalue weighted by Gasteiger charge is 2.34. The normalized spacial score (nSPS) is 14.0. The summed E-state index contributed by atoms with van der Waals surface area (Å²) in [6.45, 7) is 30.6. The van der Waals surface area contributed by atoms with Crippen molar-refractivity contribution in [1.82, 2.24) is 9.55 Å². The lowest BCUT2D eigenvalue weighted by molar-refractivity contribution is 0.475. The molecule has 0 N–H and O–H groups in total. The van der Waals surface area contributed by atoms with Crippen LogP contribution in [-0.4, -0.2) is 16.2 Å². The summed E-state index contributed by atoms with van der Waals surface area (Å²) in [5.41, 5.74) is 12.3. The Bertz CT molecular complexity index is 3130. The fourth-order valence-electron chi connectivity index (χ4n) is 9.85.